The number of thiophene rings is 1. The Hall–Kier alpha value is -2.98. The van der Waals surface area contributed by atoms with Crippen molar-refractivity contribution in [3.8, 4) is 0 Å². The number of aromatic nitrogens is 1. The first-order chi connectivity index (χ1) is 16.5. The molecule has 0 unspecified atom stereocenters. The topological polar surface area (TPSA) is 106 Å². The summed E-state index contributed by atoms with van der Waals surface area (Å²) in [4.78, 5) is 56.3. The molecule has 4 rings (SSSR count). The summed E-state index contributed by atoms with van der Waals surface area (Å²) >= 11 is 2.30. The summed E-state index contributed by atoms with van der Waals surface area (Å²) in [6.45, 7) is -0.307. The highest BCUT2D eigenvalue weighted by atomic mass is 32.2. The number of carbonyl (C=O) groups is 4. The molecule has 0 radical (unpaired) electrons. The van der Waals surface area contributed by atoms with Gasteiger partial charge in [-0.25, -0.2) is 4.79 Å². The normalized spacial score (nSPS) is 17.3. The van der Waals surface area contributed by atoms with Gasteiger partial charge >= 0.3 is 5.97 Å². The average molecular weight is 500 g/mol. The summed E-state index contributed by atoms with van der Waals surface area (Å²) < 4.78 is 5.17. The van der Waals surface area contributed by atoms with Gasteiger partial charge in [-0.1, -0.05) is 18.9 Å². The maximum Gasteiger partial charge on any atom is 0.348 e. The summed E-state index contributed by atoms with van der Waals surface area (Å²) in [5.74, 6) is -1.40. The van der Waals surface area contributed by atoms with E-state index in [-0.39, 0.29) is 13.1 Å². The number of rotatable bonds is 7. The number of esters is 1. The maximum absolute atomic E-state index is 12.5. The van der Waals surface area contributed by atoms with Gasteiger partial charge in [-0.3, -0.25) is 24.3 Å². The highest BCUT2D eigenvalue weighted by Gasteiger charge is 2.34. The summed E-state index contributed by atoms with van der Waals surface area (Å²) in [7, 11) is 0. The molecule has 1 aliphatic carbocycles. The zero-order valence-electron chi connectivity index (χ0n) is 18.6. The van der Waals surface area contributed by atoms with Crippen LogP contribution in [-0.4, -0.2) is 52.6 Å². The van der Waals surface area contributed by atoms with E-state index in [1.54, 1.807) is 30.6 Å². The fourth-order valence-electron chi connectivity index (χ4n) is 3.81. The van der Waals surface area contributed by atoms with Crippen LogP contribution < -0.4 is 5.32 Å². The quantitative estimate of drug-likeness (QED) is 0.456. The lowest BCUT2D eigenvalue weighted by Gasteiger charge is -2.13. The Kier molecular flexibility index (Phi) is 8.12. The van der Waals surface area contributed by atoms with Crippen molar-refractivity contribution in [1.29, 1.82) is 0 Å². The van der Waals surface area contributed by atoms with E-state index in [1.807, 2.05) is 6.07 Å². The van der Waals surface area contributed by atoms with Crippen LogP contribution in [0.1, 0.15) is 51.4 Å². The van der Waals surface area contributed by atoms with E-state index < -0.39 is 29.6 Å². The summed E-state index contributed by atoms with van der Waals surface area (Å²) in [5.41, 5.74) is 1.94. The van der Waals surface area contributed by atoms with Crippen molar-refractivity contribution < 1.29 is 23.9 Å². The molecule has 34 heavy (non-hydrogen) atoms. The predicted molar refractivity (Wildman–Crippen MR) is 130 cm³/mol. The Balaban J connectivity index is 1.22. The number of thioether (sulfide) groups is 1. The van der Waals surface area contributed by atoms with E-state index in [2.05, 4.69) is 10.3 Å². The number of hydrogen-bond acceptors (Lipinski definition) is 8. The fourth-order valence-corrected chi connectivity index (χ4v) is 5.82. The number of fused-ring (bicyclic) bond motifs is 1. The first-order valence-electron chi connectivity index (χ1n) is 11.2. The monoisotopic (exact) mass is 499 g/mol. The number of ether oxygens (including phenoxy) is 1. The van der Waals surface area contributed by atoms with Crippen LogP contribution in [0.5, 0.6) is 0 Å². The molecule has 2 aromatic heterocycles. The predicted octanol–water partition coefficient (Wildman–Crippen LogP) is 3.81. The van der Waals surface area contributed by atoms with Crippen LogP contribution in [0, 0.1) is 0 Å². The molecule has 0 saturated carbocycles. The maximum atomic E-state index is 12.5. The van der Waals surface area contributed by atoms with E-state index in [0.29, 0.717) is 9.78 Å². The van der Waals surface area contributed by atoms with Crippen LogP contribution in [0.25, 0.3) is 6.08 Å². The molecule has 3 heterocycles. The SMILES string of the molecule is O=C(COC(=O)c1cc2c(s1)CCCCCC2)NCCN1C(=O)S/C(=C\c2cccnc2)C1=O. The molecule has 0 atom stereocenters. The van der Waals surface area contributed by atoms with Crippen molar-refractivity contribution in [1.82, 2.24) is 15.2 Å². The molecule has 178 valence electrons. The second-order valence-corrected chi connectivity index (χ2v) is 10.1. The number of hydrogen-bond donors (Lipinski definition) is 1. The standard InChI is InChI=1S/C24H25N3O5S2/c28-21(15-32-23(30)20-13-17-7-3-1-2-4-8-18(17)33-20)26-10-11-27-22(29)19(34-24(27)31)12-16-6-5-9-25-14-16/h5-6,9,12-14H,1-4,7-8,10-11,15H2,(H,26,28)/b19-12-. The number of nitrogens with zero attached hydrogens (tertiary/aromatic N) is 2. The fraction of sp³-hybridized carbons (Fsp3) is 0.375. The second kappa shape index (κ2) is 11.4. The smallest absolute Gasteiger partial charge is 0.348 e. The van der Waals surface area contributed by atoms with Crippen molar-refractivity contribution in [3.05, 3.63) is 56.4 Å². The van der Waals surface area contributed by atoms with Crippen molar-refractivity contribution in [3.63, 3.8) is 0 Å². The van der Waals surface area contributed by atoms with Crippen molar-refractivity contribution in [2.45, 2.75) is 38.5 Å². The minimum atomic E-state index is -0.502. The van der Waals surface area contributed by atoms with E-state index in [9.17, 15) is 19.2 Å². The number of aryl methyl sites for hydroxylation is 2. The Bertz CT molecular complexity index is 1090. The van der Waals surface area contributed by atoms with Crippen molar-refractivity contribution in [2.24, 2.45) is 0 Å². The van der Waals surface area contributed by atoms with Gasteiger partial charge in [-0.05, 0) is 66.8 Å². The highest BCUT2D eigenvalue weighted by molar-refractivity contribution is 8.18. The molecule has 0 aromatic carbocycles. The number of pyridine rings is 1. The molecule has 8 nitrogen and oxygen atoms in total. The summed E-state index contributed by atoms with van der Waals surface area (Å²) in [6, 6.07) is 5.43. The lowest BCUT2D eigenvalue weighted by Crippen LogP contribution is -2.38. The minimum Gasteiger partial charge on any atom is -0.451 e. The van der Waals surface area contributed by atoms with Gasteiger partial charge in [0, 0.05) is 30.4 Å². The van der Waals surface area contributed by atoms with Gasteiger partial charge in [0.15, 0.2) is 6.61 Å². The minimum absolute atomic E-state index is 0.0341. The molecule has 10 heteroatoms. The number of nitrogens with one attached hydrogen (secondary N) is 1. The number of carbonyl (C=O) groups excluding carboxylic acids is 4. The molecule has 1 N–H and O–H groups in total. The van der Waals surface area contributed by atoms with Crippen LogP contribution in [-0.2, 0) is 27.2 Å². The molecule has 1 fully saturated rings. The van der Waals surface area contributed by atoms with E-state index in [0.717, 1.165) is 47.9 Å². The average Bonchev–Trinajstić information content (AvgIpc) is 3.33. The van der Waals surface area contributed by atoms with Crippen LogP contribution in [0.15, 0.2) is 35.5 Å². The third kappa shape index (κ3) is 6.12. The lowest BCUT2D eigenvalue weighted by atomic mass is 10.00. The lowest BCUT2D eigenvalue weighted by molar-refractivity contribution is -0.125. The third-order valence-corrected chi connectivity index (χ3v) is 7.67. The Morgan fingerprint density at radius 2 is 2.00 bits per heavy atom. The second-order valence-electron chi connectivity index (χ2n) is 8.02. The van der Waals surface area contributed by atoms with Gasteiger partial charge in [0.1, 0.15) is 4.88 Å². The molecular weight excluding hydrogens is 474 g/mol. The number of imide groups is 1. The zero-order chi connectivity index (χ0) is 23.9. The van der Waals surface area contributed by atoms with Gasteiger partial charge in [0.25, 0.3) is 17.1 Å². The van der Waals surface area contributed by atoms with E-state index >= 15 is 0 Å². The van der Waals surface area contributed by atoms with Gasteiger partial charge in [-0.15, -0.1) is 11.3 Å². The molecule has 3 amide bonds. The van der Waals surface area contributed by atoms with E-state index in [4.69, 9.17) is 4.74 Å². The zero-order valence-corrected chi connectivity index (χ0v) is 20.2. The Morgan fingerprint density at radius 3 is 2.79 bits per heavy atom. The first-order valence-corrected chi connectivity index (χ1v) is 12.9. The molecule has 0 spiro atoms. The van der Waals surface area contributed by atoms with E-state index in [1.165, 1.54) is 34.6 Å². The molecule has 2 aliphatic rings. The Labute approximate surface area is 205 Å². The Morgan fingerprint density at radius 1 is 1.18 bits per heavy atom. The molecule has 0 bridgehead atoms. The largest absolute Gasteiger partial charge is 0.451 e. The number of amides is 3. The summed E-state index contributed by atoms with van der Waals surface area (Å²) in [6.07, 6.45) is 11.5. The summed E-state index contributed by atoms with van der Waals surface area (Å²) in [5, 5.41) is 2.20. The molecule has 1 saturated heterocycles. The van der Waals surface area contributed by atoms with Gasteiger partial charge in [0.05, 0.1) is 4.91 Å². The van der Waals surface area contributed by atoms with Crippen molar-refractivity contribution >= 4 is 52.2 Å². The van der Waals surface area contributed by atoms with Gasteiger partial charge in [-0.2, -0.15) is 0 Å². The highest BCUT2D eigenvalue weighted by Crippen LogP contribution is 2.32. The first kappa shape index (κ1) is 24.2. The van der Waals surface area contributed by atoms with Gasteiger partial charge < -0.3 is 10.1 Å². The van der Waals surface area contributed by atoms with Crippen LogP contribution in [0.2, 0.25) is 0 Å². The van der Waals surface area contributed by atoms with Crippen LogP contribution in [0.3, 0.4) is 0 Å². The molecule has 2 aromatic rings. The van der Waals surface area contributed by atoms with Crippen LogP contribution >= 0.6 is 23.1 Å². The molecule has 1 aliphatic heterocycles. The van der Waals surface area contributed by atoms with Crippen LogP contribution in [0.4, 0.5) is 4.79 Å². The van der Waals surface area contributed by atoms with Gasteiger partial charge in [0.2, 0.25) is 0 Å². The van der Waals surface area contributed by atoms with Crippen molar-refractivity contribution in [2.75, 3.05) is 19.7 Å². The third-order valence-electron chi connectivity index (χ3n) is 5.55. The molecular formula is C24H25N3O5S2.